The second kappa shape index (κ2) is 6.60. The van der Waals surface area contributed by atoms with E-state index >= 15 is 0 Å². The standard InChI is InChI=1S/C13H10Cl2N6S/c1-2-21-7-6-9(20-21)8-4-3-5-10(11(8)14)22-13-18-16-12(15)17-19-13/h3-7H,2H2,1H3. The van der Waals surface area contributed by atoms with Crippen molar-refractivity contribution in [2.75, 3.05) is 0 Å². The maximum absolute atomic E-state index is 6.48. The molecule has 0 atom stereocenters. The van der Waals surface area contributed by atoms with Crippen LogP contribution >= 0.6 is 35.0 Å². The Bertz CT molecular complexity index is 789. The van der Waals surface area contributed by atoms with Gasteiger partial charge in [0, 0.05) is 23.2 Å². The molecule has 2 heterocycles. The lowest BCUT2D eigenvalue weighted by atomic mass is 10.1. The Kier molecular flexibility index (Phi) is 4.56. The normalized spacial score (nSPS) is 10.9. The predicted molar refractivity (Wildman–Crippen MR) is 85.1 cm³/mol. The highest BCUT2D eigenvalue weighted by molar-refractivity contribution is 7.99. The average molecular weight is 353 g/mol. The lowest BCUT2D eigenvalue weighted by Crippen LogP contribution is -1.95. The van der Waals surface area contributed by atoms with E-state index in [-0.39, 0.29) is 5.28 Å². The number of hydrogen-bond donors (Lipinski definition) is 0. The molecular weight excluding hydrogens is 343 g/mol. The van der Waals surface area contributed by atoms with Gasteiger partial charge in [-0.05, 0) is 42.4 Å². The minimum atomic E-state index is 0.00861. The first kappa shape index (κ1) is 15.2. The summed E-state index contributed by atoms with van der Waals surface area (Å²) in [6, 6.07) is 7.64. The molecule has 0 aliphatic carbocycles. The van der Waals surface area contributed by atoms with Gasteiger partial charge in [0.2, 0.25) is 5.16 Å². The van der Waals surface area contributed by atoms with Crippen molar-refractivity contribution >= 4 is 35.0 Å². The van der Waals surface area contributed by atoms with Gasteiger partial charge < -0.3 is 0 Å². The third kappa shape index (κ3) is 3.21. The molecule has 1 aromatic carbocycles. The van der Waals surface area contributed by atoms with Gasteiger partial charge in [-0.1, -0.05) is 23.7 Å². The van der Waals surface area contributed by atoms with Crippen molar-refractivity contribution in [1.29, 1.82) is 0 Å². The SMILES string of the molecule is CCn1ccc(-c2cccc(Sc3nnc(Cl)nn3)c2Cl)n1. The fourth-order valence-corrected chi connectivity index (χ4v) is 2.94. The Labute approximate surface area is 140 Å². The Morgan fingerprint density at radius 2 is 1.86 bits per heavy atom. The van der Waals surface area contributed by atoms with E-state index in [1.165, 1.54) is 11.8 Å². The molecule has 0 aliphatic rings. The Morgan fingerprint density at radius 1 is 1.09 bits per heavy atom. The molecular formula is C13H10Cl2N6S. The molecule has 2 aromatic heterocycles. The molecule has 0 saturated carbocycles. The van der Waals surface area contributed by atoms with Crippen LogP contribution in [0.1, 0.15) is 6.92 Å². The van der Waals surface area contributed by atoms with Gasteiger partial charge in [0.25, 0.3) is 5.28 Å². The second-order valence-electron chi connectivity index (χ2n) is 4.23. The van der Waals surface area contributed by atoms with E-state index in [4.69, 9.17) is 23.2 Å². The summed E-state index contributed by atoms with van der Waals surface area (Å²) in [6.07, 6.45) is 1.92. The summed E-state index contributed by atoms with van der Waals surface area (Å²) in [7, 11) is 0. The van der Waals surface area contributed by atoms with Crippen LogP contribution in [0.25, 0.3) is 11.3 Å². The van der Waals surface area contributed by atoms with E-state index in [1.807, 2.05) is 42.1 Å². The summed E-state index contributed by atoms with van der Waals surface area (Å²) in [5, 5.41) is 20.5. The van der Waals surface area contributed by atoms with Crippen molar-refractivity contribution in [2.45, 2.75) is 23.5 Å². The van der Waals surface area contributed by atoms with E-state index < -0.39 is 0 Å². The molecule has 3 rings (SSSR count). The van der Waals surface area contributed by atoms with Crippen LogP contribution in [0.5, 0.6) is 0 Å². The van der Waals surface area contributed by atoms with Gasteiger partial charge in [-0.25, -0.2) is 0 Å². The van der Waals surface area contributed by atoms with Gasteiger partial charge in [0.1, 0.15) is 0 Å². The maximum Gasteiger partial charge on any atom is 0.262 e. The van der Waals surface area contributed by atoms with Crippen molar-refractivity contribution in [3.8, 4) is 11.3 Å². The van der Waals surface area contributed by atoms with Crippen molar-refractivity contribution < 1.29 is 0 Å². The first-order valence-corrected chi connectivity index (χ1v) is 7.97. The average Bonchev–Trinajstić information content (AvgIpc) is 3.00. The zero-order valence-electron chi connectivity index (χ0n) is 11.4. The third-order valence-electron chi connectivity index (χ3n) is 2.84. The van der Waals surface area contributed by atoms with E-state index in [2.05, 4.69) is 25.5 Å². The van der Waals surface area contributed by atoms with Crippen molar-refractivity contribution in [2.24, 2.45) is 0 Å². The van der Waals surface area contributed by atoms with Crippen molar-refractivity contribution in [3.05, 3.63) is 40.8 Å². The molecule has 0 amide bonds. The highest BCUT2D eigenvalue weighted by Gasteiger charge is 2.13. The van der Waals surface area contributed by atoms with E-state index in [9.17, 15) is 0 Å². The predicted octanol–water partition coefficient (Wildman–Crippen LogP) is 3.61. The molecule has 0 aliphatic heterocycles. The molecule has 0 radical (unpaired) electrons. The minimum absolute atomic E-state index is 0.00861. The summed E-state index contributed by atoms with van der Waals surface area (Å²) in [4.78, 5) is 0.802. The molecule has 0 spiro atoms. The summed E-state index contributed by atoms with van der Waals surface area (Å²) in [6.45, 7) is 2.84. The highest BCUT2D eigenvalue weighted by Crippen LogP contribution is 2.37. The van der Waals surface area contributed by atoms with Crippen LogP contribution in [-0.4, -0.2) is 30.2 Å². The van der Waals surface area contributed by atoms with Gasteiger partial charge in [0.15, 0.2) is 0 Å². The van der Waals surface area contributed by atoms with E-state index in [1.54, 1.807) is 0 Å². The second-order valence-corrected chi connectivity index (χ2v) is 5.95. The number of benzene rings is 1. The van der Waals surface area contributed by atoms with Gasteiger partial charge >= 0.3 is 0 Å². The monoisotopic (exact) mass is 352 g/mol. The van der Waals surface area contributed by atoms with Crippen LogP contribution in [0.2, 0.25) is 10.3 Å². The number of aromatic nitrogens is 6. The Morgan fingerprint density at radius 3 is 2.55 bits per heavy atom. The number of nitrogens with zero attached hydrogens (tertiary/aromatic N) is 6. The molecule has 0 bridgehead atoms. The number of hydrogen-bond acceptors (Lipinski definition) is 6. The Hall–Kier alpha value is -1.70. The molecule has 3 aromatic rings. The Balaban J connectivity index is 1.93. The molecule has 0 unspecified atom stereocenters. The maximum atomic E-state index is 6.48. The van der Waals surface area contributed by atoms with Crippen LogP contribution in [-0.2, 0) is 6.54 Å². The van der Waals surface area contributed by atoms with Crippen molar-refractivity contribution in [1.82, 2.24) is 30.2 Å². The lowest BCUT2D eigenvalue weighted by molar-refractivity contribution is 0.662. The first-order chi connectivity index (χ1) is 10.7. The van der Waals surface area contributed by atoms with Gasteiger partial charge in [-0.15, -0.1) is 20.4 Å². The molecule has 22 heavy (non-hydrogen) atoms. The van der Waals surface area contributed by atoms with E-state index in [0.29, 0.717) is 10.2 Å². The van der Waals surface area contributed by atoms with Gasteiger partial charge in [0.05, 0.1) is 10.7 Å². The number of aryl methyl sites for hydroxylation is 1. The third-order valence-corrected chi connectivity index (χ3v) is 4.42. The van der Waals surface area contributed by atoms with Gasteiger partial charge in [-0.3, -0.25) is 4.68 Å². The summed E-state index contributed by atoms with van der Waals surface area (Å²) in [5.74, 6) is 0. The van der Waals surface area contributed by atoms with Gasteiger partial charge in [-0.2, -0.15) is 5.10 Å². The van der Waals surface area contributed by atoms with Crippen molar-refractivity contribution in [3.63, 3.8) is 0 Å². The molecule has 0 fully saturated rings. The smallest absolute Gasteiger partial charge is 0.262 e. The fourth-order valence-electron chi connectivity index (χ4n) is 1.82. The zero-order valence-corrected chi connectivity index (χ0v) is 13.8. The first-order valence-electron chi connectivity index (χ1n) is 6.40. The van der Waals surface area contributed by atoms with E-state index in [0.717, 1.165) is 22.7 Å². The van der Waals surface area contributed by atoms with Crippen LogP contribution < -0.4 is 0 Å². The molecule has 9 heteroatoms. The lowest BCUT2D eigenvalue weighted by Gasteiger charge is -2.06. The fraction of sp³-hybridized carbons (Fsp3) is 0.154. The summed E-state index contributed by atoms with van der Waals surface area (Å²) in [5.41, 5.74) is 1.68. The minimum Gasteiger partial charge on any atom is -0.272 e. The van der Waals surface area contributed by atoms with Crippen LogP contribution in [0.4, 0.5) is 0 Å². The van der Waals surface area contributed by atoms with Crippen LogP contribution in [0, 0.1) is 0 Å². The topological polar surface area (TPSA) is 69.4 Å². The van der Waals surface area contributed by atoms with Crippen LogP contribution in [0.15, 0.2) is 40.5 Å². The van der Waals surface area contributed by atoms with Crippen LogP contribution in [0.3, 0.4) is 0 Å². The number of halogens is 2. The molecule has 0 saturated heterocycles. The molecule has 0 N–H and O–H groups in total. The highest BCUT2D eigenvalue weighted by atomic mass is 35.5. The molecule has 112 valence electrons. The summed E-state index contributed by atoms with van der Waals surface area (Å²) < 4.78 is 1.85. The largest absolute Gasteiger partial charge is 0.272 e. The number of rotatable bonds is 4. The summed E-state index contributed by atoms with van der Waals surface area (Å²) >= 11 is 13.3. The molecule has 6 nitrogen and oxygen atoms in total. The quantitative estimate of drug-likeness (QED) is 0.714. The zero-order chi connectivity index (χ0) is 15.5.